The Balaban J connectivity index is 1.84. The lowest BCUT2D eigenvalue weighted by Gasteiger charge is -2.24. The van der Waals surface area contributed by atoms with Gasteiger partial charge in [-0.3, -0.25) is 4.79 Å². The Labute approximate surface area is 165 Å². The van der Waals surface area contributed by atoms with Crippen molar-refractivity contribution in [3.8, 4) is 11.5 Å². The Morgan fingerprint density at radius 2 is 1.75 bits per heavy atom. The van der Waals surface area contributed by atoms with Crippen LogP contribution in [0.5, 0.6) is 11.5 Å². The number of hydrogen-bond donors (Lipinski definition) is 2. The summed E-state index contributed by atoms with van der Waals surface area (Å²) >= 11 is 0. The van der Waals surface area contributed by atoms with Crippen molar-refractivity contribution in [1.29, 1.82) is 0 Å². The highest BCUT2D eigenvalue weighted by Gasteiger charge is 2.28. The lowest BCUT2D eigenvalue weighted by Crippen LogP contribution is -2.39. The fourth-order valence-electron chi connectivity index (χ4n) is 2.86. The largest absolute Gasteiger partial charge is 0.496 e. The van der Waals surface area contributed by atoms with Crippen LogP contribution in [0.4, 0.5) is 0 Å². The van der Waals surface area contributed by atoms with Crippen LogP contribution in [-0.2, 0) is 22.4 Å². The maximum Gasteiger partial charge on any atom is 0.341 e. The highest BCUT2D eigenvalue weighted by Crippen LogP contribution is 2.27. The minimum atomic E-state index is -1.01. The molecule has 2 N–H and O–H groups in total. The van der Waals surface area contributed by atoms with Crippen molar-refractivity contribution in [2.24, 2.45) is 5.41 Å². The van der Waals surface area contributed by atoms with Gasteiger partial charge in [0, 0.05) is 12.0 Å². The Kier molecular flexibility index (Phi) is 7.44. The number of ether oxygens (including phenoxy) is 2. The number of carbonyl (C=O) groups excluding carboxylic acids is 1. The van der Waals surface area contributed by atoms with Gasteiger partial charge in [0.15, 0.2) is 6.61 Å². The van der Waals surface area contributed by atoms with E-state index in [0.29, 0.717) is 25.1 Å². The van der Waals surface area contributed by atoms with Crippen LogP contribution >= 0.6 is 0 Å². The highest BCUT2D eigenvalue weighted by atomic mass is 16.5. The van der Waals surface area contributed by atoms with E-state index in [4.69, 9.17) is 14.6 Å². The van der Waals surface area contributed by atoms with E-state index in [0.717, 1.165) is 16.9 Å². The minimum absolute atomic E-state index is 0.0141. The smallest absolute Gasteiger partial charge is 0.341 e. The standard InChI is InChI=1S/C22H27NO5/c1-22(2,14-17-6-4-5-7-19(17)27-3)21(26)23-13-12-16-8-10-18(11-9-16)28-15-20(24)25/h4-11H,12-15H2,1-3H3,(H,23,26)(H,24,25). The number of aliphatic carboxylic acids is 1. The summed E-state index contributed by atoms with van der Waals surface area (Å²) in [6, 6.07) is 14.9. The lowest BCUT2D eigenvalue weighted by atomic mass is 9.84. The van der Waals surface area contributed by atoms with Crippen molar-refractivity contribution in [2.45, 2.75) is 26.7 Å². The van der Waals surface area contributed by atoms with Crippen LogP contribution in [0.1, 0.15) is 25.0 Å². The number of amides is 1. The molecule has 2 rings (SSSR count). The average molecular weight is 385 g/mol. The van der Waals surface area contributed by atoms with Crippen LogP contribution in [0.3, 0.4) is 0 Å². The molecule has 0 radical (unpaired) electrons. The van der Waals surface area contributed by atoms with E-state index in [1.165, 1.54) is 0 Å². The zero-order chi connectivity index (χ0) is 20.6. The lowest BCUT2D eigenvalue weighted by molar-refractivity contribution is -0.139. The quantitative estimate of drug-likeness (QED) is 0.657. The molecule has 0 unspecified atom stereocenters. The maximum atomic E-state index is 12.6. The summed E-state index contributed by atoms with van der Waals surface area (Å²) < 4.78 is 10.5. The Hall–Kier alpha value is -3.02. The first-order valence-electron chi connectivity index (χ1n) is 9.15. The van der Waals surface area contributed by atoms with Crippen molar-refractivity contribution < 1.29 is 24.2 Å². The summed E-state index contributed by atoms with van der Waals surface area (Å²) in [5, 5.41) is 11.6. The van der Waals surface area contributed by atoms with Crippen LogP contribution in [0.15, 0.2) is 48.5 Å². The molecule has 0 aliphatic carbocycles. The molecule has 0 fully saturated rings. The number of carboxylic acids is 1. The van der Waals surface area contributed by atoms with Gasteiger partial charge in [0.05, 0.1) is 7.11 Å². The summed E-state index contributed by atoms with van der Waals surface area (Å²) in [5.41, 5.74) is 1.47. The second-order valence-electron chi connectivity index (χ2n) is 7.20. The molecule has 0 spiro atoms. The number of carbonyl (C=O) groups is 2. The number of benzene rings is 2. The fraction of sp³-hybridized carbons (Fsp3) is 0.364. The van der Waals surface area contributed by atoms with Crippen LogP contribution in [0.2, 0.25) is 0 Å². The molecule has 0 aromatic heterocycles. The molecule has 0 aliphatic rings. The van der Waals surface area contributed by atoms with Gasteiger partial charge in [-0.15, -0.1) is 0 Å². The van der Waals surface area contributed by atoms with Crippen molar-refractivity contribution in [3.63, 3.8) is 0 Å². The van der Waals surface area contributed by atoms with Crippen molar-refractivity contribution in [3.05, 3.63) is 59.7 Å². The predicted molar refractivity (Wildman–Crippen MR) is 107 cm³/mol. The third-order valence-corrected chi connectivity index (χ3v) is 4.42. The minimum Gasteiger partial charge on any atom is -0.496 e. The molecule has 6 heteroatoms. The fourth-order valence-corrected chi connectivity index (χ4v) is 2.86. The molecule has 0 aliphatic heterocycles. The summed E-state index contributed by atoms with van der Waals surface area (Å²) in [7, 11) is 1.63. The van der Waals surface area contributed by atoms with Crippen molar-refractivity contribution >= 4 is 11.9 Å². The molecule has 0 heterocycles. The van der Waals surface area contributed by atoms with E-state index < -0.39 is 11.4 Å². The molecule has 2 aromatic carbocycles. The van der Waals surface area contributed by atoms with E-state index >= 15 is 0 Å². The molecule has 0 atom stereocenters. The number of carboxylic acid groups (broad SMARTS) is 1. The number of nitrogens with one attached hydrogen (secondary N) is 1. The molecule has 2 aromatic rings. The van der Waals surface area contributed by atoms with Gasteiger partial charge in [-0.2, -0.15) is 0 Å². The van der Waals surface area contributed by atoms with Crippen molar-refractivity contribution in [1.82, 2.24) is 5.32 Å². The Morgan fingerprint density at radius 1 is 1.07 bits per heavy atom. The van der Waals surface area contributed by atoms with Gasteiger partial charge in [-0.05, 0) is 42.2 Å². The third kappa shape index (κ3) is 6.30. The number of hydrogen-bond acceptors (Lipinski definition) is 4. The molecule has 28 heavy (non-hydrogen) atoms. The molecule has 6 nitrogen and oxygen atoms in total. The van der Waals surface area contributed by atoms with E-state index in [1.54, 1.807) is 19.2 Å². The first-order chi connectivity index (χ1) is 13.3. The number of methoxy groups -OCH3 is 1. The molecule has 1 amide bonds. The number of para-hydroxylation sites is 1. The SMILES string of the molecule is COc1ccccc1CC(C)(C)C(=O)NCCc1ccc(OCC(=O)O)cc1. The zero-order valence-electron chi connectivity index (χ0n) is 16.5. The van der Waals surface area contributed by atoms with Crippen LogP contribution in [-0.4, -0.2) is 37.2 Å². The molecular weight excluding hydrogens is 358 g/mol. The maximum absolute atomic E-state index is 12.6. The van der Waals surface area contributed by atoms with Gasteiger partial charge in [0.2, 0.25) is 5.91 Å². The van der Waals surface area contributed by atoms with E-state index in [2.05, 4.69) is 5.32 Å². The molecule has 0 bridgehead atoms. The average Bonchev–Trinajstić information content (AvgIpc) is 2.67. The molecule has 0 saturated heterocycles. The monoisotopic (exact) mass is 385 g/mol. The predicted octanol–water partition coefficient (Wildman–Crippen LogP) is 3.09. The van der Waals surface area contributed by atoms with Crippen LogP contribution in [0.25, 0.3) is 0 Å². The van der Waals surface area contributed by atoms with Gasteiger partial charge < -0.3 is 19.9 Å². The summed E-state index contributed by atoms with van der Waals surface area (Å²) in [5.74, 6) is 0.268. The van der Waals surface area contributed by atoms with Crippen molar-refractivity contribution in [2.75, 3.05) is 20.3 Å². The first kappa shape index (κ1) is 21.3. The highest BCUT2D eigenvalue weighted by molar-refractivity contribution is 5.82. The molecule has 150 valence electrons. The topological polar surface area (TPSA) is 84.9 Å². The second-order valence-corrected chi connectivity index (χ2v) is 7.20. The van der Waals surface area contributed by atoms with Gasteiger partial charge >= 0.3 is 5.97 Å². The van der Waals surface area contributed by atoms with Gasteiger partial charge in [0.1, 0.15) is 11.5 Å². The normalized spacial score (nSPS) is 11.0. The van der Waals surface area contributed by atoms with E-state index in [-0.39, 0.29) is 12.5 Å². The molecular formula is C22H27NO5. The van der Waals surface area contributed by atoms with Crippen LogP contribution in [0, 0.1) is 5.41 Å². The van der Waals surface area contributed by atoms with E-state index in [1.807, 2.05) is 50.2 Å². The Bertz CT molecular complexity index is 799. The summed E-state index contributed by atoms with van der Waals surface area (Å²) in [6.45, 7) is 3.99. The second kappa shape index (κ2) is 9.78. The summed E-state index contributed by atoms with van der Waals surface area (Å²) in [6.07, 6.45) is 1.26. The van der Waals surface area contributed by atoms with Gasteiger partial charge in [0.25, 0.3) is 0 Å². The molecule has 0 saturated carbocycles. The van der Waals surface area contributed by atoms with E-state index in [9.17, 15) is 9.59 Å². The zero-order valence-corrected chi connectivity index (χ0v) is 16.5. The van der Waals surface area contributed by atoms with Gasteiger partial charge in [-0.1, -0.05) is 44.2 Å². The van der Waals surface area contributed by atoms with Crippen LogP contribution < -0.4 is 14.8 Å². The third-order valence-electron chi connectivity index (χ3n) is 4.42. The first-order valence-corrected chi connectivity index (χ1v) is 9.15. The summed E-state index contributed by atoms with van der Waals surface area (Å²) in [4.78, 5) is 23.1. The number of rotatable bonds is 10. The Morgan fingerprint density at radius 3 is 2.39 bits per heavy atom. The van der Waals surface area contributed by atoms with Gasteiger partial charge in [-0.25, -0.2) is 4.79 Å².